The zero-order valence-electron chi connectivity index (χ0n) is 7.16. The average molecular weight is 151 g/mol. The monoisotopic (exact) mass is 151 g/mol. The number of ether oxygens (including phenoxy) is 1. The summed E-state index contributed by atoms with van der Waals surface area (Å²) < 4.78 is 4.98. The number of rotatable bonds is 0. The molecule has 1 aliphatic rings. The molecule has 11 heavy (non-hydrogen) atoms. The van der Waals surface area contributed by atoms with Gasteiger partial charge in [0.2, 0.25) is 5.90 Å². The van der Waals surface area contributed by atoms with Crippen molar-refractivity contribution in [3.8, 4) is 0 Å². The van der Waals surface area contributed by atoms with Gasteiger partial charge in [-0.3, -0.25) is 0 Å². The largest absolute Gasteiger partial charge is 0.481 e. The molecule has 1 aliphatic heterocycles. The topological polar surface area (TPSA) is 21.6 Å². The van der Waals surface area contributed by atoms with Crippen LogP contribution in [0.4, 0.5) is 0 Å². The summed E-state index contributed by atoms with van der Waals surface area (Å²) in [5.74, 6) is 0.659. The van der Waals surface area contributed by atoms with Crippen LogP contribution in [0.3, 0.4) is 0 Å². The van der Waals surface area contributed by atoms with Crippen molar-refractivity contribution in [1.29, 1.82) is 0 Å². The molecule has 0 bridgehead atoms. The summed E-state index contributed by atoms with van der Waals surface area (Å²) in [4.78, 5) is 4.06. The number of hydrogen-bond donors (Lipinski definition) is 0. The van der Waals surface area contributed by atoms with E-state index in [9.17, 15) is 0 Å². The van der Waals surface area contributed by atoms with Crippen LogP contribution in [0.15, 0.2) is 29.4 Å². The first kappa shape index (κ1) is 8.05. The predicted molar refractivity (Wildman–Crippen MR) is 46.5 cm³/mol. The second-order valence-corrected chi connectivity index (χ2v) is 3.14. The highest BCUT2D eigenvalue weighted by atomic mass is 16.5. The molecule has 0 saturated heterocycles. The van der Waals surface area contributed by atoms with Crippen molar-refractivity contribution in [1.82, 2.24) is 0 Å². The Labute approximate surface area is 67.3 Å². The summed E-state index contributed by atoms with van der Waals surface area (Å²) >= 11 is 0. The van der Waals surface area contributed by atoms with Crippen molar-refractivity contribution in [3.63, 3.8) is 0 Å². The van der Waals surface area contributed by atoms with E-state index in [2.05, 4.69) is 24.9 Å². The van der Waals surface area contributed by atoms with E-state index >= 15 is 0 Å². The van der Waals surface area contributed by atoms with Crippen LogP contribution in [0.5, 0.6) is 0 Å². The quantitative estimate of drug-likeness (QED) is 0.519. The van der Waals surface area contributed by atoms with Crippen molar-refractivity contribution >= 4 is 5.90 Å². The minimum Gasteiger partial charge on any atom is -0.481 e. The van der Waals surface area contributed by atoms with Crippen molar-refractivity contribution < 1.29 is 4.74 Å². The number of nitrogens with zero attached hydrogens (tertiary/aromatic N) is 1. The summed E-state index contributed by atoms with van der Waals surface area (Å²) in [6.07, 6.45) is 7.77. The van der Waals surface area contributed by atoms with Gasteiger partial charge in [-0.15, -0.1) is 0 Å². The third kappa shape index (κ3) is 2.22. The van der Waals surface area contributed by atoms with Gasteiger partial charge in [0, 0.05) is 11.6 Å². The molecular formula is C9H13NO. The molecule has 0 N–H and O–H groups in total. The molecule has 0 aromatic rings. The molecule has 0 aromatic carbocycles. The third-order valence-corrected chi connectivity index (χ3v) is 1.57. The molecular weight excluding hydrogens is 138 g/mol. The van der Waals surface area contributed by atoms with Crippen LogP contribution < -0.4 is 0 Å². The van der Waals surface area contributed by atoms with Gasteiger partial charge >= 0.3 is 0 Å². The molecule has 1 rings (SSSR count). The van der Waals surface area contributed by atoms with Gasteiger partial charge in [-0.1, -0.05) is 26.0 Å². The summed E-state index contributed by atoms with van der Waals surface area (Å²) in [6.45, 7) is 4.24. The molecule has 0 unspecified atom stereocenters. The zero-order valence-corrected chi connectivity index (χ0v) is 7.16. The molecule has 0 saturated carbocycles. The van der Waals surface area contributed by atoms with Gasteiger partial charge < -0.3 is 4.74 Å². The highest BCUT2D eigenvalue weighted by Gasteiger charge is 2.10. The second kappa shape index (κ2) is 2.91. The molecule has 60 valence electrons. The SMILES string of the molecule is COC1=NC=CC(C)(C)C=C1. The number of methoxy groups -OCH3 is 1. The maximum Gasteiger partial charge on any atom is 0.212 e. The number of aliphatic imine (C=N–C) groups is 1. The lowest BCUT2D eigenvalue weighted by Gasteiger charge is -2.11. The first-order valence-corrected chi connectivity index (χ1v) is 3.63. The van der Waals surface area contributed by atoms with Crippen LogP contribution in [-0.2, 0) is 4.74 Å². The fraction of sp³-hybridized carbons (Fsp3) is 0.444. The van der Waals surface area contributed by atoms with Crippen molar-refractivity contribution in [2.24, 2.45) is 10.4 Å². The Kier molecular flexibility index (Phi) is 2.13. The van der Waals surface area contributed by atoms with E-state index in [4.69, 9.17) is 4.74 Å². The zero-order chi connectivity index (χ0) is 8.32. The predicted octanol–water partition coefficient (Wildman–Crippen LogP) is 2.14. The van der Waals surface area contributed by atoms with Gasteiger partial charge in [0.05, 0.1) is 7.11 Å². The fourth-order valence-corrected chi connectivity index (χ4v) is 0.808. The highest BCUT2D eigenvalue weighted by Crippen LogP contribution is 2.20. The first-order valence-electron chi connectivity index (χ1n) is 3.63. The van der Waals surface area contributed by atoms with Crippen LogP contribution in [0.1, 0.15) is 13.8 Å². The molecule has 2 nitrogen and oxygen atoms in total. The van der Waals surface area contributed by atoms with E-state index < -0.39 is 0 Å². The fourth-order valence-electron chi connectivity index (χ4n) is 0.808. The van der Waals surface area contributed by atoms with E-state index in [1.54, 1.807) is 13.3 Å². The maximum absolute atomic E-state index is 4.98. The lowest BCUT2D eigenvalue weighted by molar-refractivity contribution is 0.407. The molecule has 2 heteroatoms. The van der Waals surface area contributed by atoms with Gasteiger partial charge in [0.15, 0.2) is 0 Å². The summed E-state index contributed by atoms with van der Waals surface area (Å²) in [6, 6.07) is 0. The Morgan fingerprint density at radius 3 is 2.73 bits per heavy atom. The Hall–Kier alpha value is -1.05. The van der Waals surface area contributed by atoms with Gasteiger partial charge in [0.25, 0.3) is 0 Å². The summed E-state index contributed by atoms with van der Waals surface area (Å²) in [5, 5.41) is 0. The van der Waals surface area contributed by atoms with Crippen LogP contribution in [0.25, 0.3) is 0 Å². The molecule has 0 amide bonds. The van der Waals surface area contributed by atoms with Crippen LogP contribution in [0, 0.1) is 5.41 Å². The molecule has 0 aliphatic carbocycles. The van der Waals surface area contributed by atoms with E-state index in [0.29, 0.717) is 5.90 Å². The first-order chi connectivity index (χ1) is 5.14. The lowest BCUT2D eigenvalue weighted by Crippen LogP contribution is -2.02. The van der Waals surface area contributed by atoms with E-state index in [1.165, 1.54) is 0 Å². The van der Waals surface area contributed by atoms with Crippen LogP contribution in [0.2, 0.25) is 0 Å². The smallest absolute Gasteiger partial charge is 0.212 e. The molecule has 0 fully saturated rings. The molecule has 0 atom stereocenters. The molecule has 0 aromatic heterocycles. The Balaban J connectivity index is 2.83. The van der Waals surface area contributed by atoms with Crippen molar-refractivity contribution in [3.05, 3.63) is 24.4 Å². The van der Waals surface area contributed by atoms with Crippen LogP contribution >= 0.6 is 0 Å². The average Bonchev–Trinajstić information content (AvgIpc) is 2.10. The van der Waals surface area contributed by atoms with Gasteiger partial charge in [-0.25, -0.2) is 4.99 Å². The molecule has 1 heterocycles. The van der Waals surface area contributed by atoms with Crippen molar-refractivity contribution in [2.75, 3.05) is 7.11 Å². The third-order valence-electron chi connectivity index (χ3n) is 1.57. The highest BCUT2D eigenvalue weighted by molar-refractivity contribution is 5.88. The molecule has 0 spiro atoms. The molecule has 0 radical (unpaired) electrons. The Morgan fingerprint density at radius 1 is 1.36 bits per heavy atom. The minimum atomic E-state index is 0.0871. The summed E-state index contributed by atoms with van der Waals surface area (Å²) in [7, 11) is 1.62. The van der Waals surface area contributed by atoms with Gasteiger partial charge in [-0.2, -0.15) is 0 Å². The number of allylic oxidation sites excluding steroid dienone is 2. The minimum absolute atomic E-state index is 0.0871. The van der Waals surface area contributed by atoms with Crippen LogP contribution in [-0.4, -0.2) is 13.0 Å². The van der Waals surface area contributed by atoms with Gasteiger partial charge in [0.1, 0.15) is 0 Å². The van der Waals surface area contributed by atoms with Gasteiger partial charge in [-0.05, 0) is 6.08 Å². The standard InChI is InChI=1S/C9H13NO/c1-9(2)5-4-8(11-3)10-7-6-9/h4-7H,1-3H3. The maximum atomic E-state index is 4.98. The van der Waals surface area contributed by atoms with E-state index in [1.807, 2.05) is 12.2 Å². The van der Waals surface area contributed by atoms with E-state index in [0.717, 1.165) is 0 Å². The normalized spacial score (nSPS) is 20.8. The lowest BCUT2D eigenvalue weighted by atomic mass is 9.93. The summed E-state index contributed by atoms with van der Waals surface area (Å²) in [5.41, 5.74) is 0.0871. The van der Waals surface area contributed by atoms with Crippen molar-refractivity contribution in [2.45, 2.75) is 13.8 Å². The Bertz CT molecular complexity index is 224. The second-order valence-electron chi connectivity index (χ2n) is 3.14. The van der Waals surface area contributed by atoms with E-state index in [-0.39, 0.29) is 5.41 Å². The number of hydrogen-bond acceptors (Lipinski definition) is 2. The Morgan fingerprint density at radius 2 is 2.09 bits per heavy atom.